The first-order valence-corrected chi connectivity index (χ1v) is 16.2. The Morgan fingerprint density at radius 1 is 1.04 bits per heavy atom. The van der Waals surface area contributed by atoms with Gasteiger partial charge in [0.2, 0.25) is 5.91 Å². The van der Waals surface area contributed by atoms with Crippen LogP contribution in [0.5, 0.6) is 0 Å². The second-order valence-corrected chi connectivity index (χ2v) is 14.5. The molecule has 6 rings (SSSR count). The number of anilines is 1. The van der Waals surface area contributed by atoms with Gasteiger partial charge in [-0.25, -0.2) is 9.59 Å². The van der Waals surface area contributed by atoms with E-state index in [1.165, 1.54) is 55.2 Å². The first kappa shape index (κ1) is 33.4. The molecule has 0 bridgehead atoms. The van der Waals surface area contributed by atoms with Crippen molar-refractivity contribution in [3.05, 3.63) is 52.6 Å². The number of hydrogen-bond donors (Lipinski definition) is 3. The third kappa shape index (κ3) is 7.53. The molecular formula is C33H49ClN8O3. The maximum atomic E-state index is 12.9. The SMILES string of the molecule is CC(Cc1ccc(-n2ccc(NC(=O)N3CCN(C(=O)C(C)(C)N)CC3)nc2=O)cc1)N(CC1CC1)C1CC2(CC(N)C2)C1.Cl. The molecule has 4 fully saturated rings. The van der Waals surface area contributed by atoms with Crippen LogP contribution >= 0.6 is 12.4 Å². The molecule has 3 aliphatic carbocycles. The maximum Gasteiger partial charge on any atom is 0.354 e. The van der Waals surface area contributed by atoms with Crippen LogP contribution in [0, 0.1) is 11.3 Å². The van der Waals surface area contributed by atoms with Gasteiger partial charge in [-0.05, 0) is 101 Å². The molecule has 45 heavy (non-hydrogen) atoms. The van der Waals surface area contributed by atoms with E-state index in [0.717, 1.165) is 18.0 Å². The van der Waals surface area contributed by atoms with E-state index in [9.17, 15) is 14.4 Å². The number of aromatic nitrogens is 2. The number of amides is 3. The molecule has 1 saturated heterocycles. The number of hydrogen-bond acceptors (Lipinski definition) is 7. The van der Waals surface area contributed by atoms with Crippen molar-refractivity contribution in [1.29, 1.82) is 0 Å². The van der Waals surface area contributed by atoms with Gasteiger partial charge in [-0.3, -0.25) is 19.6 Å². The average molecular weight is 641 g/mol. The number of carbonyl (C=O) groups excluding carboxylic acids is 2. The van der Waals surface area contributed by atoms with Crippen LogP contribution in [0.4, 0.5) is 10.6 Å². The molecule has 1 aromatic carbocycles. The van der Waals surface area contributed by atoms with Crippen LogP contribution in [0.3, 0.4) is 0 Å². The van der Waals surface area contributed by atoms with E-state index in [4.69, 9.17) is 11.5 Å². The third-order valence-corrected chi connectivity index (χ3v) is 10.1. The number of nitrogens with zero attached hydrogens (tertiary/aromatic N) is 5. The van der Waals surface area contributed by atoms with Gasteiger partial charge in [-0.1, -0.05) is 12.1 Å². The highest BCUT2D eigenvalue weighted by Crippen LogP contribution is 2.57. The van der Waals surface area contributed by atoms with Crippen molar-refractivity contribution in [3.8, 4) is 5.69 Å². The lowest BCUT2D eigenvalue weighted by atomic mass is 9.52. The minimum absolute atomic E-state index is 0. The second kappa shape index (κ2) is 13.0. The number of piperazine rings is 1. The maximum absolute atomic E-state index is 12.9. The molecule has 3 amide bonds. The van der Waals surface area contributed by atoms with Gasteiger partial charge >= 0.3 is 11.7 Å². The van der Waals surface area contributed by atoms with Gasteiger partial charge in [-0.15, -0.1) is 12.4 Å². The molecule has 1 atom stereocenters. The number of nitrogens with one attached hydrogen (secondary N) is 1. The summed E-state index contributed by atoms with van der Waals surface area (Å²) in [6.07, 6.45) is 10.3. The van der Waals surface area contributed by atoms with Crippen molar-refractivity contribution in [2.45, 2.75) is 89.4 Å². The van der Waals surface area contributed by atoms with Crippen LogP contribution in [0.15, 0.2) is 41.3 Å². The zero-order valence-corrected chi connectivity index (χ0v) is 27.6. The van der Waals surface area contributed by atoms with Crippen LogP contribution in [-0.4, -0.2) is 92.6 Å². The summed E-state index contributed by atoms with van der Waals surface area (Å²) < 4.78 is 1.48. The molecule has 1 aromatic heterocycles. The summed E-state index contributed by atoms with van der Waals surface area (Å²) in [6, 6.07) is 11.0. The summed E-state index contributed by atoms with van der Waals surface area (Å²) in [5.74, 6) is 0.917. The predicted octanol–water partition coefficient (Wildman–Crippen LogP) is 2.98. The molecule has 2 aromatic rings. The van der Waals surface area contributed by atoms with E-state index in [0.29, 0.717) is 49.7 Å². The van der Waals surface area contributed by atoms with Crippen molar-refractivity contribution in [2.75, 3.05) is 38.0 Å². The van der Waals surface area contributed by atoms with Crippen molar-refractivity contribution >= 4 is 30.2 Å². The summed E-state index contributed by atoms with van der Waals surface area (Å²) in [7, 11) is 0. The van der Waals surface area contributed by atoms with Gasteiger partial charge in [0, 0.05) is 57.0 Å². The fourth-order valence-corrected chi connectivity index (χ4v) is 7.48. The molecule has 4 aliphatic rings. The van der Waals surface area contributed by atoms with Crippen LogP contribution in [0.2, 0.25) is 0 Å². The number of urea groups is 1. The van der Waals surface area contributed by atoms with E-state index in [1.807, 2.05) is 12.1 Å². The molecule has 3 saturated carbocycles. The highest BCUT2D eigenvalue weighted by molar-refractivity contribution is 5.89. The van der Waals surface area contributed by atoms with Gasteiger partial charge in [-0.2, -0.15) is 4.98 Å². The van der Waals surface area contributed by atoms with E-state index < -0.39 is 11.2 Å². The smallest absolute Gasteiger partial charge is 0.338 e. The number of halogens is 1. The van der Waals surface area contributed by atoms with Crippen molar-refractivity contribution < 1.29 is 9.59 Å². The minimum atomic E-state index is -0.946. The Morgan fingerprint density at radius 2 is 1.67 bits per heavy atom. The number of rotatable bonds is 9. The summed E-state index contributed by atoms with van der Waals surface area (Å²) in [6.45, 7) is 8.49. The number of nitrogens with two attached hydrogens (primary N) is 2. The molecule has 5 N–H and O–H groups in total. The summed E-state index contributed by atoms with van der Waals surface area (Å²) >= 11 is 0. The zero-order valence-electron chi connectivity index (χ0n) is 26.8. The van der Waals surface area contributed by atoms with E-state index in [2.05, 4.69) is 34.3 Å². The Bertz CT molecular complexity index is 1410. The first-order valence-electron chi connectivity index (χ1n) is 16.2. The minimum Gasteiger partial charge on any atom is -0.338 e. The first-order chi connectivity index (χ1) is 20.9. The van der Waals surface area contributed by atoms with Crippen LogP contribution in [0.1, 0.15) is 64.9 Å². The Balaban J connectivity index is 0.00000400. The second-order valence-electron chi connectivity index (χ2n) is 14.5. The topological polar surface area (TPSA) is 143 Å². The Labute approximate surface area is 272 Å². The number of benzene rings is 1. The van der Waals surface area contributed by atoms with Crippen molar-refractivity contribution in [2.24, 2.45) is 22.8 Å². The van der Waals surface area contributed by atoms with E-state index in [1.54, 1.807) is 35.9 Å². The molecular weight excluding hydrogens is 592 g/mol. The molecule has 0 radical (unpaired) electrons. The largest absolute Gasteiger partial charge is 0.354 e. The van der Waals surface area contributed by atoms with E-state index >= 15 is 0 Å². The van der Waals surface area contributed by atoms with Gasteiger partial charge in [0.15, 0.2) is 0 Å². The lowest BCUT2D eigenvalue weighted by Gasteiger charge is -2.60. The molecule has 11 nitrogen and oxygen atoms in total. The molecule has 1 spiro atoms. The normalized spacial score (nSPS) is 25.3. The molecule has 12 heteroatoms. The zero-order chi connectivity index (χ0) is 31.2. The summed E-state index contributed by atoms with van der Waals surface area (Å²) in [5, 5.41) is 2.72. The average Bonchev–Trinajstić information content (AvgIpc) is 3.77. The Kier molecular flexibility index (Phi) is 9.66. The lowest BCUT2D eigenvalue weighted by Crippen LogP contribution is -2.61. The van der Waals surface area contributed by atoms with Crippen molar-refractivity contribution in [3.63, 3.8) is 0 Å². The van der Waals surface area contributed by atoms with E-state index in [-0.39, 0.29) is 30.2 Å². The highest BCUT2D eigenvalue weighted by Gasteiger charge is 2.54. The summed E-state index contributed by atoms with van der Waals surface area (Å²) in [4.78, 5) is 48.3. The molecule has 246 valence electrons. The van der Waals surface area contributed by atoms with Gasteiger partial charge < -0.3 is 21.3 Å². The Hall–Kier alpha value is -2.99. The standard InChI is InChI=1S/C33H48N8O3.ClH/c1-22(41(21-24-4-5-24)27-19-33(20-27)17-25(34)18-33)16-23-6-8-26(9-7-23)40-11-10-28(37-31(40)44)36-30(43)39-14-12-38(13-15-39)29(42)32(2,3)35;/h6-11,22,24-25,27H,4-5,12-21,34-35H2,1-3H3,(H,36,37,43,44);1H. The van der Waals surface area contributed by atoms with Crippen LogP contribution in [-0.2, 0) is 11.2 Å². The Morgan fingerprint density at radius 3 is 2.22 bits per heavy atom. The molecule has 2 heterocycles. The van der Waals surface area contributed by atoms with Gasteiger partial charge in [0.05, 0.1) is 11.2 Å². The quantitative estimate of drug-likeness (QED) is 0.382. The van der Waals surface area contributed by atoms with Gasteiger partial charge in [0.25, 0.3) is 0 Å². The van der Waals surface area contributed by atoms with Gasteiger partial charge in [0.1, 0.15) is 5.82 Å². The molecule has 1 unspecified atom stereocenters. The summed E-state index contributed by atoms with van der Waals surface area (Å²) in [5.41, 5.74) is 13.2. The van der Waals surface area contributed by atoms with Crippen molar-refractivity contribution in [1.82, 2.24) is 24.3 Å². The molecule has 1 aliphatic heterocycles. The number of carbonyl (C=O) groups is 2. The van der Waals surface area contributed by atoms with Crippen LogP contribution < -0.4 is 22.5 Å². The highest BCUT2D eigenvalue weighted by atomic mass is 35.5. The third-order valence-electron chi connectivity index (χ3n) is 10.1. The fourth-order valence-electron chi connectivity index (χ4n) is 7.48. The van der Waals surface area contributed by atoms with Crippen LogP contribution in [0.25, 0.3) is 5.69 Å². The predicted molar refractivity (Wildman–Crippen MR) is 178 cm³/mol. The lowest BCUT2D eigenvalue weighted by molar-refractivity contribution is -0.137. The fraction of sp³-hybridized carbons (Fsp3) is 0.636. The monoisotopic (exact) mass is 640 g/mol.